The van der Waals surface area contributed by atoms with Crippen LogP contribution in [0.3, 0.4) is 0 Å². The Morgan fingerprint density at radius 1 is 0.978 bits per heavy atom. The van der Waals surface area contributed by atoms with Gasteiger partial charge in [0.25, 0.3) is 0 Å². The van der Waals surface area contributed by atoms with Crippen LogP contribution in [-0.2, 0) is 30.4 Å². The van der Waals surface area contributed by atoms with Gasteiger partial charge in [-0.05, 0) is 75.1 Å². The lowest BCUT2D eigenvalue weighted by Gasteiger charge is -2.36. The number of hydrogen-bond acceptors (Lipinski definition) is 7. The van der Waals surface area contributed by atoms with Crippen LogP contribution in [0.15, 0.2) is 66.7 Å². The van der Waals surface area contributed by atoms with E-state index >= 15 is 0 Å². The Balaban J connectivity index is 1.32. The predicted molar refractivity (Wildman–Crippen MR) is 174 cm³/mol. The van der Waals surface area contributed by atoms with E-state index in [1.54, 1.807) is 13.2 Å². The fourth-order valence-electron chi connectivity index (χ4n) is 5.37. The highest BCUT2D eigenvalue weighted by Gasteiger charge is 2.31. The summed E-state index contributed by atoms with van der Waals surface area (Å²) in [6.45, 7) is 8.96. The van der Waals surface area contributed by atoms with Gasteiger partial charge in [0.1, 0.15) is 16.5 Å². The van der Waals surface area contributed by atoms with E-state index in [-0.39, 0.29) is 0 Å². The number of nitrogens with zero attached hydrogens (tertiary/aromatic N) is 3. The molecular weight excluding hydrogens is 615 g/mol. The maximum Gasteiger partial charge on any atom is 0.416 e. The van der Waals surface area contributed by atoms with Gasteiger partial charge >= 0.3 is 12.1 Å². The van der Waals surface area contributed by atoms with Gasteiger partial charge in [-0.25, -0.2) is 9.78 Å². The van der Waals surface area contributed by atoms with E-state index in [0.717, 1.165) is 71.4 Å². The molecule has 1 aliphatic heterocycles. The number of rotatable bonds is 11. The third kappa shape index (κ3) is 8.00. The van der Waals surface area contributed by atoms with E-state index in [1.165, 1.54) is 37.3 Å². The number of aryl methyl sites for hydroxylation is 3. The number of aliphatic carboxylic acids is 1. The Morgan fingerprint density at radius 2 is 1.70 bits per heavy atom. The molecule has 0 radical (unpaired) electrons. The first-order chi connectivity index (χ1) is 21.8. The maximum atomic E-state index is 13.2. The summed E-state index contributed by atoms with van der Waals surface area (Å²) >= 11 is 1.52. The third-order valence-electron chi connectivity index (χ3n) is 8.16. The molecule has 4 aromatic rings. The summed E-state index contributed by atoms with van der Waals surface area (Å²) < 4.78 is 50.7. The summed E-state index contributed by atoms with van der Waals surface area (Å²) in [5.41, 5.74) is 2.60. The number of alkyl halides is 3. The zero-order valence-electron chi connectivity index (χ0n) is 26.4. The second kappa shape index (κ2) is 13.7. The highest BCUT2D eigenvalue weighted by molar-refractivity contribution is 7.15. The first-order valence-electron chi connectivity index (χ1n) is 15.1. The molecule has 2 heterocycles. The zero-order chi connectivity index (χ0) is 33.1. The molecule has 0 atom stereocenters. The molecule has 1 saturated heterocycles. The number of carbonyl (C=O) groups is 1. The molecule has 1 N–H and O–H groups in total. The van der Waals surface area contributed by atoms with Gasteiger partial charge in [-0.1, -0.05) is 30.3 Å². The van der Waals surface area contributed by atoms with E-state index in [4.69, 9.17) is 14.5 Å². The molecule has 244 valence electrons. The number of halogens is 3. The molecule has 5 rings (SSSR count). The van der Waals surface area contributed by atoms with Crippen molar-refractivity contribution < 1.29 is 32.5 Å². The number of ether oxygens (including phenoxy) is 2. The second-order valence-electron chi connectivity index (χ2n) is 11.9. The number of hydrogen-bond donors (Lipinski definition) is 1. The number of benzene rings is 3. The molecule has 0 aliphatic carbocycles. The van der Waals surface area contributed by atoms with Crippen LogP contribution in [0.1, 0.15) is 41.1 Å². The summed E-state index contributed by atoms with van der Waals surface area (Å²) in [7, 11) is 1.66. The Morgan fingerprint density at radius 3 is 2.33 bits per heavy atom. The highest BCUT2D eigenvalue weighted by Crippen LogP contribution is 2.34. The van der Waals surface area contributed by atoms with Crippen molar-refractivity contribution in [3.63, 3.8) is 0 Å². The normalized spacial score (nSPS) is 14.4. The number of carboxylic acids is 1. The summed E-state index contributed by atoms with van der Waals surface area (Å²) in [4.78, 5) is 22.3. The zero-order valence-corrected chi connectivity index (χ0v) is 27.2. The van der Waals surface area contributed by atoms with Crippen LogP contribution >= 0.6 is 11.3 Å². The van der Waals surface area contributed by atoms with Gasteiger partial charge in [0.2, 0.25) is 0 Å². The van der Waals surface area contributed by atoms with Crippen molar-refractivity contribution >= 4 is 23.0 Å². The average molecular weight is 654 g/mol. The molecule has 1 aromatic heterocycles. The molecule has 0 bridgehead atoms. The van der Waals surface area contributed by atoms with Crippen LogP contribution in [0.4, 0.5) is 18.9 Å². The van der Waals surface area contributed by atoms with Gasteiger partial charge in [0.05, 0.1) is 18.4 Å². The SMILES string of the molecule is COc1cccc(N2CCN(Cc3nc(-c4ccc(C(F)(F)F)cc4)sc3CCc3ccc(OC(C)(C)C(=O)O)c(C)c3)CC2)c1. The molecule has 3 aromatic carbocycles. The van der Waals surface area contributed by atoms with Crippen molar-refractivity contribution in [2.24, 2.45) is 0 Å². The second-order valence-corrected chi connectivity index (χ2v) is 13.0. The van der Waals surface area contributed by atoms with Crippen LogP contribution < -0.4 is 14.4 Å². The molecule has 1 fully saturated rings. The van der Waals surface area contributed by atoms with Crippen LogP contribution in [0, 0.1) is 6.92 Å². The molecular formula is C35H38F3N3O4S. The molecule has 0 spiro atoms. The first-order valence-corrected chi connectivity index (χ1v) is 15.9. The Hall–Kier alpha value is -4.09. The van der Waals surface area contributed by atoms with Crippen molar-refractivity contribution in [1.29, 1.82) is 0 Å². The van der Waals surface area contributed by atoms with Crippen LogP contribution in [-0.4, -0.2) is 59.8 Å². The van der Waals surface area contributed by atoms with Crippen molar-refractivity contribution in [1.82, 2.24) is 9.88 Å². The van der Waals surface area contributed by atoms with E-state index in [9.17, 15) is 23.1 Å². The maximum absolute atomic E-state index is 13.2. The van der Waals surface area contributed by atoms with E-state index in [0.29, 0.717) is 35.7 Å². The van der Waals surface area contributed by atoms with Gasteiger partial charge in [-0.15, -0.1) is 11.3 Å². The van der Waals surface area contributed by atoms with Crippen molar-refractivity contribution in [2.75, 3.05) is 38.2 Å². The monoisotopic (exact) mass is 653 g/mol. The van der Waals surface area contributed by atoms with Gasteiger partial charge < -0.3 is 19.5 Å². The number of thiazole rings is 1. The molecule has 11 heteroatoms. The standard InChI is InChI=1S/C35H38F3N3O4S/c1-23-20-24(8-14-30(23)45-34(2,3)33(42)43)9-15-31-29(39-32(46-31)25-10-12-26(13-11-25)35(36,37)38)22-40-16-18-41(19-17-40)27-6-5-7-28(21-27)44-4/h5-8,10-14,20-21H,9,15-19,22H2,1-4H3,(H,42,43). The fraction of sp³-hybridized carbons (Fsp3) is 0.371. The third-order valence-corrected chi connectivity index (χ3v) is 9.37. The minimum atomic E-state index is -4.40. The quantitative estimate of drug-likeness (QED) is 0.180. The molecule has 0 saturated carbocycles. The van der Waals surface area contributed by atoms with E-state index < -0.39 is 23.3 Å². The van der Waals surface area contributed by atoms with Crippen molar-refractivity contribution in [3.8, 4) is 22.1 Å². The predicted octanol–water partition coefficient (Wildman–Crippen LogP) is 7.50. The van der Waals surface area contributed by atoms with Crippen molar-refractivity contribution in [3.05, 3.63) is 94.0 Å². The van der Waals surface area contributed by atoms with Crippen LogP contribution in [0.5, 0.6) is 11.5 Å². The summed E-state index contributed by atoms with van der Waals surface area (Å²) in [5, 5.41) is 10.1. The molecule has 0 unspecified atom stereocenters. The largest absolute Gasteiger partial charge is 0.497 e. The van der Waals surface area contributed by atoms with Gasteiger partial charge in [-0.3, -0.25) is 4.90 Å². The summed E-state index contributed by atoms with van der Waals surface area (Å²) in [5.74, 6) is 0.302. The number of piperazine rings is 1. The Bertz CT molecular complexity index is 1660. The molecule has 1 aliphatic rings. The van der Waals surface area contributed by atoms with Gasteiger partial charge in [0, 0.05) is 54.9 Å². The lowest BCUT2D eigenvalue weighted by molar-refractivity contribution is -0.152. The van der Waals surface area contributed by atoms with E-state index in [2.05, 4.69) is 15.9 Å². The van der Waals surface area contributed by atoms with Crippen molar-refractivity contribution in [2.45, 2.75) is 51.9 Å². The topological polar surface area (TPSA) is 75.1 Å². The number of aromatic nitrogens is 1. The molecule has 46 heavy (non-hydrogen) atoms. The minimum absolute atomic E-state index is 0.521. The van der Waals surface area contributed by atoms with Crippen LogP contribution in [0.2, 0.25) is 0 Å². The van der Waals surface area contributed by atoms with Gasteiger partial charge in [-0.2, -0.15) is 13.2 Å². The van der Waals surface area contributed by atoms with Gasteiger partial charge in [0.15, 0.2) is 5.60 Å². The highest BCUT2D eigenvalue weighted by atomic mass is 32.1. The van der Waals surface area contributed by atoms with Crippen LogP contribution in [0.25, 0.3) is 10.6 Å². The lowest BCUT2D eigenvalue weighted by Crippen LogP contribution is -2.46. The smallest absolute Gasteiger partial charge is 0.416 e. The first kappa shape index (κ1) is 33.3. The molecule has 7 nitrogen and oxygen atoms in total. The summed E-state index contributed by atoms with van der Waals surface area (Å²) in [6.07, 6.45) is -2.97. The number of carboxylic acid groups (broad SMARTS) is 1. The minimum Gasteiger partial charge on any atom is -0.497 e. The number of anilines is 1. The number of methoxy groups -OCH3 is 1. The molecule has 0 amide bonds. The Kier molecular flexibility index (Phi) is 9.93. The fourth-order valence-corrected chi connectivity index (χ4v) is 6.44. The summed E-state index contributed by atoms with van der Waals surface area (Å²) in [6, 6.07) is 19.0. The van der Waals surface area contributed by atoms with E-state index in [1.807, 2.05) is 37.3 Å². The lowest BCUT2D eigenvalue weighted by atomic mass is 10.0. The Labute approximate surface area is 271 Å². The average Bonchev–Trinajstić information content (AvgIpc) is 3.43.